The minimum Gasteiger partial charge on any atom is -0.337 e. The van der Waals surface area contributed by atoms with Crippen molar-refractivity contribution in [2.75, 3.05) is 32.7 Å². The zero-order valence-electron chi connectivity index (χ0n) is 13.7. The van der Waals surface area contributed by atoms with Crippen LogP contribution in [0.1, 0.15) is 41.5 Å². The van der Waals surface area contributed by atoms with Crippen molar-refractivity contribution in [3.05, 3.63) is 0 Å². The smallest absolute Gasteiger partial charge is 0.262 e. The van der Waals surface area contributed by atoms with Crippen molar-refractivity contribution >= 4 is 5.91 Å². The lowest BCUT2D eigenvalue weighted by atomic mass is 10.1. The van der Waals surface area contributed by atoms with Crippen molar-refractivity contribution in [1.82, 2.24) is 9.80 Å². The monoisotopic (exact) mass is 292 g/mol. The molecule has 0 fully saturated rings. The van der Waals surface area contributed by atoms with E-state index in [1.54, 1.807) is 6.92 Å². The summed E-state index contributed by atoms with van der Waals surface area (Å²) < 4.78 is 26.2. The van der Waals surface area contributed by atoms with Gasteiger partial charge >= 0.3 is 0 Å². The third-order valence-corrected chi connectivity index (χ3v) is 3.19. The summed E-state index contributed by atoms with van der Waals surface area (Å²) in [5, 5.41) is 0. The molecule has 0 radical (unpaired) electrons. The molecule has 1 amide bonds. The lowest BCUT2D eigenvalue weighted by Crippen LogP contribution is -2.45. The average molecular weight is 292 g/mol. The van der Waals surface area contributed by atoms with Gasteiger partial charge in [-0.15, -0.1) is 0 Å². The third kappa shape index (κ3) is 7.78. The van der Waals surface area contributed by atoms with E-state index in [2.05, 4.69) is 25.7 Å². The molecule has 0 bridgehead atoms. The van der Waals surface area contributed by atoms with Crippen molar-refractivity contribution < 1.29 is 13.6 Å². The predicted molar refractivity (Wildman–Crippen MR) is 79.0 cm³/mol. The van der Waals surface area contributed by atoms with Gasteiger partial charge in [0, 0.05) is 32.5 Å². The van der Waals surface area contributed by atoms with E-state index in [1.807, 2.05) is 6.92 Å². The van der Waals surface area contributed by atoms with Gasteiger partial charge in [-0.1, -0.05) is 27.7 Å². The van der Waals surface area contributed by atoms with Gasteiger partial charge < -0.3 is 9.80 Å². The molecule has 0 spiro atoms. The number of carbonyl (C=O) groups excluding carboxylic acids is 1. The molecule has 20 heavy (non-hydrogen) atoms. The lowest BCUT2D eigenvalue weighted by molar-refractivity contribution is -0.140. The highest BCUT2D eigenvalue weighted by Crippen LogP contribution is 2.16. The molecule has 0 saturated heterocycles. The molecule has 0 aliphatic rings. The first-order valence-corrected chi connectivity index (χ1v) is 7.49. The summed E-state index contributed by atoms with van der Waals surface area (Å²) in [5.41, 5.74) is 0. The van der Waals surface area contributed by atoms with Crippen molar-refractivity contribution in [1.29, 1.82) is 0 Å². The van der Waals surface area contributed by atoms with E-state index in [9.17, 15) is 13.6 Å². The van der Waals surface area contributed by atoms with E-state index >= 15 is 0 Å². The van der Waals surface area contributed by atoms with Gasteiger partial charge in [0.1, 0.15) is 0 Å². The molecule has 0 aliphatic carbocycles. The summed E-state index contributed by atoms with van der Waals surface area (Å²) in [4.78, 5) is 15.7. The molecule has 3 nitrogen and oxygen atoms in total. The SMILES string of the molecule is CCN(CC(C)C)CC(C)C(=O)N(CC)CC(C)(F)F. The molecule has 0 N–H and O–H groups in total. The van der Waals surface area contributed by atoms with Crippen LogP contribution in [0.5, 0.6) is 0 Å². The molecule has 0 heterocycles. The summed E-state index contributed by atoms with van der Waals surface area (Å²) in [6, 6.07) is 0. The number of rotatable bonds is 9. The van der Waals surface area contributed by atoms with Crippen LogP contribution in [0.4, 0.5) is 8.78 Å². The largest absolute Gasteiger partial charge is 0.337 e. The minimum atomic E-state index is -2.84. The van der Waals surface area contributed by atoms with Gasteiger partial charge in [0.05, 0.1) is 6.54 Å². The quantitative estimate of drug-likeness (QED) is 0.652. The molecule has 0 aromatic rings. The highest BCUT2D eigenvalue weighted by atomic mass is 19.3. The van der Waals surface area contributed by atoms with E-state index in [0.717, 1.165) is 20.0 Å². The van der Waals surface area contributed by atoms with Gasteiger partial charge in [0.15, 0.2) is 0 Å². The van der Waals surface area contributed by atoms with Gasteiger partial charge in [-0.2, -0.15) is 0 Å². The second kappa shape index (κ2) is 8.55. The summed E-state index contributed by atoms with van der Waals surface area (Å²) in [7, 11) is 0. The summed E-state index contributed by atoms with van der Waals surface area (Å²) in [5.74, 6) is -2.75. The molecular formula is C15H30F2N2O. The Morgan fingerprint density at radius 1 is 1.10 bits per heavy atom. The Kier molecular flexibility index (Phi) is 8.25. The predicted octanol–water partition coefficient (Wildman–Crippen LogP) is 3.10. The number of nitrogens with zero attached hydrogens (tertiary/aromatic N) is 2. The van der Waals surface area contributed by atoms with Gasteiger partial charge in [-0.3, -0.25) is 4.79 Å². The molecule has 0 aromatic heterocycles. The Bertz CT molecular complexity index is 290. The molecule has 0 aromatic carbocycles. The van der Waals surface area contributed by atoms with Crippen LogP contribution in [0.3, 0.4) is 0 Å². The molecular weight excluding hydrogens is 262 g/mol. The van der Waals surface area contributed by atoms with Crippen LogP contribution in [0.2, 0.25) is 0 Å². The number of carbonyl (C=O) groups is 1. The maximum absolute atomic E-state index is 13.1. The molecule has 120 valence electrons. The van der Waals surface area contributed by atoms with Crippen molar-refractivity contribution in [3.8, 4) is 0 Å². The third-order valence-electron chi connectivity index (χ3n) is 3.19. The molecule has 5 heteroatoms. The average Bonchev–Trinajstić information content (AvgIpc) is 2.32. The summed E-state index contributed by atoms with van der Waals surface area (Å²) in [6.45, 7) is 13.0. The van der Waals surface area contributed by atoms with Crippen LogP contribution >= 0.6 is 0 Å². The normalized spacial score (nSPS) is 13.9. The first kappa shape index (κ1) is 19.3. The Labute approximate surface area is 122 Å². The maximum Gasteiger partial charge on any atom is 0.262 e. The van der Waals surface area contributed by atoms with Crippen molar-refractivity contribution in [2.24, 2.45) is 11.8 Å². The van der Waals surface area contributed by atoms with Gasteiger partial charge in [0.25, 0.3) is 5.92 Å². The fourth-order valence-electron chi connectivity index (χ4n) is 2.31. The Morgan fingerprint density at radius 3 is 2.00 bits per heavy atom. The van der Waals surface area contributed by atoms with E-state index in [-0.39, 0.29) is 11.8 Å². The molecule has 0 aliphatic heterocycles. The van der Waals surface area contributed by atoms with Crippen LogP contribution in [0.15, 0.2) is 0 Å². The van der Waals surface area contributed by atoms with Gasteiger partial charge in [-0.25, -0.2) is 8.78 Å². The Balaban J connectivity index is 4.57. The van der Waals surface area contributed by atoms with Gasteiger partial charge in [0.2, 0.25) is 5.91 Å². The maximum atomic E-state index is 13.1. The van der Waals surface area contributed by atoms with Crippen LogP contribution in [0.25, 0.3) is 0 Å². The fraction of sp³-hybridized carbons (Fsp3) is 0.933. The minimum absolute atomic E-state index is 0.184. The number of amides is 1. The number of hydrogen-bond donors (Lipinski definition) is 0. The van der Waals surface area contributed by atoms with E-state index in [1.165, 1.54) is 4.90 Å². The van der Waals surface area contributed by atoms with E-state index < -0.39 is 12.5 Å². The molecule has 1 atom stereocenters. The van der Waals surface area contributed by atoms with Crippen LogP contribution in [-0.4, -0.2) is 54.4 Å². The van der Waals surface area contributed by atoms with Gasteiger partial charge in [-0.05, 0) is 19.4 Å². The first-order valence-electron chi connectivity index (χ1n) is 7.49. The first-order chi connectivity index (χ1) is 9.10. The second-order valence-corrected chi connectivity index (χ2v) is 6.07. The van der Waals surface area contributed by atoms with Crippen LogP contribution < -0.4 is 0 Å². The van der Waals surface area contributed by atoms with Crippen molar-refractivity contribution in [2.45, 2.75) is 47.5 Å². The zero-order chi connectivity index (χ0) is 15.9. The lowest BCUT2D eigenvalue weighted by Gasteiger charge is -2.30. The zero-order valence-corrected chi connectivity index (χ0v) is 13.7. The topological polar surface area (TPSA) is 23.6 Å². The Morgan fingerprint density at radius 2 is 1.65 bits per heavy atom. The van der Waals surface area contributed by atoms with Crippen LogP contribution in [-0.2, 0) is 4.79 Å². The fourth-order valence-corrected chi connectivity index (χ4v) is 2.31. The van der Waals surface area contributed by atoms with E-state index in [0.29, 0.717) is 19.0 Å². The number of alkyl halides is 2. The molecule has 0 rings (SSSR count). The highest BCUT2D eigenvalue weighted by molar-refractivity contribution is 5.78. The molecule has 0 saturated carbocycles. The van der Waals surface area contributed by atoms with Crippen molar-refractivity contribution in [3.63, 3.8) is 0 Å². The number of halogens is 2. The molecule has 1 unspecified atom stereocenters. The standard InChI is InChI=1S/C15H30F2N2O/c1-7-18(9-12(3)4)10-13(5)14(20)19(8-2)11-15(6,16)17/h12-13H,7-11H2,1-6H3. The van der Waals surface area contributed by atoms with E-state index in [4.69, 9.17) is 0 Å². The van der Waals surface area contributed by atoms with Crippen LogP contribution in [0, 0.1) is 11.8 Å². The number of hydrogen-bond acceptors (Lipinski definition) is 2. The summed E-state index contributed by atoms with van der Waals surface area (Å²) in [6.07, 6.45) is 0. The Hall–Kier alpha value is -0.710. The summed E-state index contributed by atoms with van der Waals surface area (Å²) >= 11 is 0. The second-order valence-electron chi connectivity index (χ2n) is 6.07. The highest BCUT2D eigenvalue weighted by Gasteiger charge is 2.29.